The van der Waals surface area contributed by atoms with Crippen molar-refractivity contribution in [3.63, 3.8) is 0 Å². The van der Waals surface area contributed by atoms with Crippen molar-refractivity contribution in [1.29, 1.82) is 0 Å². The highest BCUT2D eigenvalue weighted by Gasteiger charge is 2.13. The molecule has 0 radical (unpaired) electrons. The number of carbonyl (C=O) groups is 1. The number of hydrogen-bond acceptors (Lipinski definition) is 3. The van der Waals surface area contributed by atoms with Gasteiger partial charge in [-0.05, 0) is 46.9 Å². The summed E-state index contributed by atoms with van der Waals surface area (Å²) in [6.45, 7) is 3.97. The van der Waals surface area contributed by atoms with Crippen LogP contribution in [0.25, 0.3) is 0 Å². The molecule has 2 aromatic rings. The number of hydrogen-bond donors (Lipinski definition) is 2. The Kier molecular flexibility index (Phi) is 3.95. The number of nitrogens with one attached hydrogen (secondary N) is 2. The lowest BCUT2D eigenvalue weighted by molar-refractivity contribution is 0.101. The normalized spacial score (nSPS) is 10.7. The SMILES string of the molecule is CC(C)c1nc(C(=O)Nc2ccc(I)cc2)n[nH]1. The second-order valence-electron chi connectivity index (χ2n) is 4.16. The van der Waals surface area contributed by atoms with Crippen molar-refractivity contribution in [2.24, 2.45) is 0 Å². The van der Waals surface area contributed by atoms with Crippen molar-refractivity contribution >= 4 is 34.2 Å². The van der Waals surface area contributed by atoms with Gasteiger partial charge in [0.2, 0.25) is 5.82 Å². The Morgan fingerprint density at radius 1 is 1.33 bits per heavy atom. The minimum absolute atomic E-state index is 0.164. The molecule has 18 heavy (non-hydrogen) atoms. The van der Waals surface area contributed by atoms with Crippen molar-refractivity contribution < 1.29 is 4.79 Å². The summed E-state index contributed by atoms with van der Waals surface area (Å²) in [5, 5.41) is 9.41. The van der Waals surface area contributed by atoms with Gasteiger partial charge in [0, 0.05) is 15.2 Å². The smallest absolute Gasteiger partial charge is 0.295 e. The second kappa shape index (κ2) is 5.47. The molecule has 6 heteroatoms. The van der Waals surface area contributed by atoms with Crippen LogP contribution in [0.1, 0.15) is 36.2 Å². The highest BCUT2D eigenvalue weighted by Crippen LogP contribution is 2.12. The van der Waals surface area contributed by atoms with E-state index in [0.717, 1.165) is 9.26 Å². The molecule has 0 fully saturated rings. The van der Waals surface area contributed by atoms with Gasteiger partial charge >= 0.3 is 0 Å². The molecule has 5 nitrogen and oxygen atoms in total. The van der Waals surface area contributed by atoms with Gasteiger partial charge in [0.25, 0.3) is 5.91 Å². The summed E-state index contributed by atoms with van der Waals surface area (Å²) in [6.07, 6.45) is 0. The summed E-state index contributed by atoms with van der Waals surface area (Å²) in [7, 11) is 0. The second-order valence-corrected chi connectivity index (χ2v) is 5.41. The van der Waals surface area contributed by atoms with E-state index in [9.17, 15) is 4.79 Å². The van der Waals surface area contributed by atoms with Crippen LogP contribution in [0.15, 0.2) is 24.3 Å². The zero-order valence-corrected chi connectivity index (χ0v) is 12.2. The Morgan fingerprint density at radius 3 is 2.56 bits per heavy atom. The van der Waals surface area contributed by atoms with Crippen LogP contribution in [0, 0.1) is 3.57 Å². The van der Waals surface area contributed by atoms with Crippen LogP contribution in [0.3, 0.4) is 0 Å². The van der Waals surface area contributed by atoms with Gasteiger partial charge in [0.15, 0.2) is 0 Å². The van der Waals surface area contributed by atoms with Crippen LogP contribution in [-0.4, -0.2) is 21.1 Å². The molecule has 0 saturated carbocycles. The lowest BCUT2D eigenvalue weighted by Crippen LogP contribution is -2.13. The minimum Gasteiger partial charge on any atom is -0.319 e. The molecular formula is C12H13IN4O. The molecule has 2 rings (SSSR count). The number of anilines is 1. The van der Waals surface area contributed by atoms with E-state index in [1.54, 1.807) is 0 Å². The number of aromatic nitrogens is 3. The van der Waals surface area contributed by atoms with Crippen molar-refractivity contribution in [2.45, 2.75) is 19.8 Å². The molecule has 0 aliphatic rings. The summed E-state index contributed by atoms with van der Waals surface area (Å²) in [5.41, 5.74) is 0.733. The van der Waals surface area contributed by atoms with E-state index in [1.807, 2.05) is 38.1 Å². The van der Waals surface area contributed by atoms with Gasteiger partial charge < -0.3 is 5.32 Å². The van der Waals surface area contributed by atoms with Gasteiger partial charge in [0.05, 0.1) is 0 Å². The standard InChI is InChI=1S/C12H13IN4O/c1-7(2)10-15-11(17-16-10)12(18)14-9-5-3-8(13)4-6-9/h3-7H,1-2H3,(H,14,18)(H,15,16,17). The van der Waals surface area contributed by atoms with Gasteiger partial charge in [-0.25, -0.2) is 4.98 Å². The van der Waals surface area contributed by atoms with Crippen molar-refractivity contribution in [3.05, 3.63) is 39.5 Å². The topological polar surface area (TPSA) is 70.7 Å². The number of rotatable bonds is 3. The van der Waals surface area contributed by atoms with E-state index in [2.05, 4.69) is 43.1 Å². The molecule has 0 unspecified atom stereocenters. The number of nitrogens with zero attached hydrogens (tertiary/aromatic N) is 2. The first-order valence-corrected chi connectivity index (χ1v) is 6.63. The van der Waals surface area contributed by atoms with Crippen LogP contribution in [0.4, 0.5) is 5.69 Å². The first-order valence-electron chi connectivity index (χ1n) is 5.55. The number of carbonyl (C=O) groups excluding carboxylic acids is 1. The molecular weight excluding hydrogens is 343 g/mol. The van der Waals surface area contributed by atoms with E-state index < -0.39 is 0 Å². The van der Waals surface area contributed by atoms with Crippen molar-refractivity contribution in [3.8, 4) is 0 Å². The van der Waals surface area contributed by atoms with Gasteiger partial charge in [-0.1, -0.05) is 13.8 Å². The van der Waals surface area contributed by atoms with E-state index in [-0.39, 0.29) is 17.6 Å². The lowest BCUT2D eigenvalue weighted by Gasteiger charge is -2.02. The summed E-state index contributed by atoms with van der Waals surface area (Å²) < 4.78 is 1.12. The van der Waals surface area contributed by atoms with Gasteiger partial charge in [-0.15, -0.1) is 5.10 Å². The van der Waals surface area contributed by atoms with Crippen LogP contribution < -0.4 is 5.32 Å². The molecule has 2 N–H and O–H groups in total. The van der Waals surface area contributed by atoms with Gasteiger partial charge in [-0.2, -0.15) is 0 Å². The predicted molar refractivity (Wildman–Crippen MR) is 77.6 cm³/mol. The number of H-pyrrole nitrogens is 1. The van der Waals surface area contributed by atoms with Crippen LogP contribution in [-0.2, 0) is 0 Å². The van der Waals surface area contributed by atoms with Crippen LogP contribution >= 0.6 is 22.6 Å². The molecule has 1 amide bonds. The van der Waals surface area contributed by atoms with Gasteiger partial charge in [0.1, 0.15) is 5.82 Å². The molecule has 0 aliphatic carbocycles. The molecule has 1 heterocycles. The Labute approximate surface area is 119 Å². The van der Waals surface area contributed by atoms with Crippen molar-refractivity contribution in [1.82, 2.24) is 15.2 Å². The third-order valence-corrected chi connectivity index (χ3v) is 3.07. The third kappa shape index (κ3) is 3.06. The minimum atomic E-state index is -0.306. The zero-order valence-electron chi connectivity index (χ0n) is 10.1. The summed E-state index contributed by atoms with van der Waals surface area (Å²) in [4.78, 5) is 16.0. The number of benzene rings is 1. The van der Waals surface area contributed by atoms with E-state index >= 15 is 0 Å². The molecule has 0 spiro atoms. The maximum Gasteiger partial charge on any atom is 0.295 e. The number of amides is 1. The predicted octanol–water partition coefficient (Wildman–Crippen LogP) is 2.79. The fraction of sp³-hybridized carbons (Fsp3) is 0.250. The third-order valence-electron chi connectivity index (χ3n) is 2.35. The molecule has 1 aromatic carbocycles. The fourth-order valence-corrected chi connectivity index (χ4v) is 1.71. The van der Waals surface area contributed by atoms with E-state index in [0.29, 0.717) is 5.82 Å². The quantitative estimate of drug-likeness (QED) is 0.831. The first kappa shape index (κ1) is 13.0. The first-order chi connectivity index (χ1) is 8.56. The van der Waals surface area contributed by atoms with Gasteiger partial charge in [-0.3, -0.25) is 9.89 Å². The average molecular weight is 356 g/mol. The monoisotopic (exact) mass is 356 g/mol. The fourth-order valence-electron chi connectivity index (χ4n) is 1.35. The average Bonchev–Trinajstić information content (AvgIpc) is 2.81. The molecule has 1 aromatic heterocycles. The van der Waals surface area contributed by atoms with E-state index in [4.69, 9.17) is 0 Å². The lowest BCUT2D eigenvalue weighted by atomic mass is 10.2. The van der Waals surface area contributed by atoms with Crippen molar-refractivity contribution in [2.75, 3.05) is 5.32 Å². The Hall–Kier alpha value is -1.44. The van der Waals surface area contributed by atoms with E-state index in [1.165, 1.54) is 0 Å². The summed E-state index contributed by atoms with van der Waals surface area (Å²) >= 11 is 2.21. The maximum atomic E-state index is 11.9. The Bertz CT molecular complexity index is 547. The highest BCUT2D eigenvalue weighted by molar-refractivity contribution is 14.1. The molecule has 0 atom stereocenters. The molecule has 0 bridgehead atoms. The van der Waals surface area contributed by atoms with Crippen LogP contribution in [0.5, 0.6) is 0 Å². The summed E-state index contributed by atoms with van der Waals surface area (Å²) in [6, 6.07) is 7.53. The Morgan fingerprint density at radius 2 is 2.00 bits per heavy atom. The zero-order chi connectivity index (χ0) is 13.1. The largest absolute Gasteiger partial charge is 0.319 e. The molecule has 0 saturated heterocycles. The number of aromatic amines is 1. The summed E-state index contributed by atoms with van der Waals surface area (Å²) in [5.74, 6) is 0.789. The maximum absolute atomic E-state index is 11.9. The molecule has 0 aliphatic heterocycles. The Balaban J connectivity index is 2.09. The highest BCUT2D eigenvalue weighted by atomic mass is 127. The van der Waals surface area contributed by atoms with Crippen LogP contribution in [0.2, 0.25) is 0 Å². The molecule has 94 valence electrons. The number of halogens is 1.